The van der Waals surface area contributed by atoms with Gasteiger partial charge in [0.25, 0.3) is 5.91 Å². The highest BCUT2D eigenvalue weighted by molar-refractivity contribution is 5.94. The molecule has 7 heteroatoms. The minimum absolute atomic E-state index is 0.0803. The number of benzene rings is 2. The number of ether oxygens (including phenoxy) is 1. The standard InChI is InChI=1S/C22H30N4O3/c1-3-23-22(26-15-12-17-8-4-5-11-20(17)29-2)25-14-7-13-24-21(28)18-9-6-10-19(27)16-18/h4-6,8-11,16,27H,3,7,12-15H2,1-2H3,(H,24,28)(H2,23,25,26). The van der Waals surface area contributed by atoms with E-state index in [-0.39, 0.29) is 11.7 Å². The molecule has 4 N–H and O–H groups in total. The molecule has 0 radical (unpaired) electrons. The van der Waals surface area contributed by atoms with Crippen LogP contribution in [0.3, 0.4) is 0 Å². The third-order valence-electron chi connectivity index (χ3n) is 4.22. The summed E-state index contributed by atoms with van der Waals surface area (Å²) < 4.78 is 5.38. The van der Waals surface area contributed by atoms with Gasteiger partial charge in [-0.1, -0.05) is 24.3 Å². The van der Waals surface area contributed by atoms with Crippen LogP contribution in [0.5, 0.6) is 11.5 Å². The Bertz CT molecular complexity index is 808. The summed E-state index contributed by atoms with van der Waals surface area (Å²) in [6, 6.07) is 14.3. The van der Waals surface area contributed by atoms with E-state index in [1.165, 1.54) is 12.1 Å². The van der Waals surface area contributed by atoms with Gasteiger partial charge in [0, 0.05) is 31.7 Å². The summed E-state index contributed by atoms with van der Waals surface area (Å²) in [5.74, 6) is 1.52. The summed E-state index contributed by atoms with van der Waals surface area (Å²) in [5, 5.41) is 18.8. The Hall–Kier alpha value is -3.22. The first-order valence-electron chi connectivity index (χ1n) is 9.85. The van der Waals surface area contributed by atoms with Crippen molar-refractivity contribution in [3.05, 3.63) is 59.7 Å². The monoisotopic (exact) mass is 398 g/mol. The second-order valence-electron chi connectivity index (χ2n) is 6.41. The Labute approximate surface area is 172 Å². The normalized spacial score (nSPS) is 11.0. The van der Waals surface area contributed by atoms with E-state index in [4.69, 9.17) is 4.74 Å². The average molecular weight is 399 g/mol. The average Bonchev–Trinajstić information content (AvgIpc) is 2.73. The summed E-state index contributed by atoms with van der Waals surface area (Å²) in [4.78, 5) is 16.6. The molecule has 2 rings (SSSR count). The van der Waals surface area contributed by atoms with E-state index in [0.717, 1.165) is 36.8 Å². The summed E-state index contributed by atoms with van der Waals surface area (Å²) in [6.45, 7) is 4.63. The van der Waals surface area contributed by atoms with Gasteiger partial charge in [-0.15, -0.1) is 0 Å². The van der Waals surface area contributed by atoms with Crippen molar-refractivity contribution in [2.24, 2.45) is 4.99 Å². The number of hydrogen-bond donors (Lipinski definition) is 4. The number of phenolic OH excluding ortho intramolecular Hbond substituents is 1. The van der Waals surface area contributed by atoms with Crippen molar-refractivity contribution in [2.75, 3.05) is 33.3 Å². The molecule has 0 unspecified atom stereocenters. The Morgan fingerprint density at radius 1 is 1.07 bits per heavy atom. The van der Waals surface area contributed by atoms with Crippen molar-refractivity contribution in [1.82, 2.24) is 16.0 Å². The molecular formula is C22H30N4O3. The zero-order valence-corrected chi connectivity index (χ0v) is 17.1. The molecule has 2 aromatic carbocycles. The van der Waals surface area contributed by atoms with Crippen molar-refractivity contribution in [2.45, 2.75) is 19.8 Å². The molecule has 156 valence electrons. The molecule has 0 fully saturated rings. The number of carbonyl (C=O) groups excluding carboxylic acids is 1. The van der Waals surface area contributed by atoms with Crippen molar-refractivity contribution < 1.29 is 14.6 Å². The van der Waals surface area contributed by atoms with Crippen LogP contribution in [0.25, 0.3) is 0 Å². The molecule has 0 aliphatic heterocycles. The Kier molecular flexibility index (Phi) is 9.35. The van der Waals surface area contributed by atoms with E-state index in [1.54, 1.807) is 19.2 Å². The summed E-state index contributed by atoms with van der Waals surface area (Å²) in [6.07, 6.45) is 1.54. The Morgan fingerprint density at radius 3 is 2.66 bits per heavy atom. The SMILES string of the molecule is CCNC(=NCCCNC(=O)c1cccc(O)c1)NCCc1ccccc1OC. The van der Waals surface area contributed by atoms with Gasteiger partial charge in [-0.3, -0.25) is 9.79 Å². The largest absolute Gasteiger partial charge is 0.508 e. The molecule has 1 amide bonds. The number of carbonyl (C=O) groups is 1. The number of nitrogens with one attached hydrogen (secondary N) is 3. The van der Waals surface area contributed by atoms with Crippen LogP contribution in [0.1, 0.15) is 29.3 Å². The minimum atomic E-state index is -0.202. The molecule has 0 atom stereocenters. The molecule has 0 saturated carbocycles. The first-order chi connectivity index (χ1) is 14.1. The molecule has 7 nitrogen and oxygen atoms in total. The minimum Gasteiger partial charge on any atom is -0.508 e. The fourth-order valence-corrected chi connectivity index (χ4v) is 2.79. The van der Waals surface area contributed by atoms with E-state index >= 15 is 0 Å². The maximum Gasteiger partial charge on any atom is 0.251 e. The van der Waals surface area contributed by atoms with E-state index in [2.05, 4.69) is 27.0 Å². The van der Waals surface area contributed by atoms with Crippen molar-refractivity contribution in [1.29, 1.82) is 0 Å². The smallest absolute Gasteiger partial charge is 0.251 e. The lowest BCUT2D eigenvalue weighted by molar-refractivity contribution is 0.0953. The third-order valence-corrected chi connectivity index (χ3v) is 4.22. The van der Waals surface area contributed by atoms with Crippen LogP contribution < -0.4 is 20.7 Å². The topological polar surface area (TPSA) is 95.0 Å². The molecule has 0 aromatic heterocycles. The number of para-hydroxylation sites is 1. The second-order valence-corrected chi connectivity index (χ2v) is 6.41. The number of phenols is 1. The second kappa shape index (κ2) is 12.3. The number of guanidine groups is 1. The summed E-state index contributed by atoms with van der Waals surface area (Å²) in [7, 11) is 1.68. The quantitative estimate of drug-likeness (QED) is 0.280. The van der Waals surface area contributed by atoms with Crippen LogP contribution in [-0.4, -0.2) is 50.3 Å². The molecule has 0 aliphatic carbocycles. The molecule has 0 bridgehead atoms. The first kappa shape index (κ1) is 22.1. The van der Waals surface area contributed by atoms with Gasteiger partial charge in [-0.05, 0) is 49.6 Å². The van der Waals surface area contributed by atoms with Crippen LogP contribution in [0, 0.1) is 0 Å². The molecule has 0 saturated heterocycles. The summed E-state index contributed by atoms with van der Waals surface area (Å²) in [5.41, 5.74) is 1.59. The zero-order chi connectivity index (χ0) is 20.9. The number of aromatic hydroxyl groups is 1. The molecule has 0 heterocycles. The van der Waals surface area contributed by atoms with Crippen LogP contribution in [-0.2, 0) is 6.42 Å². The van der Waals surface area contributed by atoms with E-state index in [1.807, 2.05) is 25.1 Å². The van der Waals surface area contributed by atoms with Crippen LogP contribution >= 0.6 is 0 Å². The number of rotatable bonds is 10. The van der Waals surface area contributed by atoms with Crippen molar-refractivity contribution in [3.8, 4) is 11.5 Å². The van der Waals surface area contributed by atoms with Gasteiger partial charge >= 0.3 is 0 Å². The zero-order valence-electron chi connectivity index (χ0n) is 17.1. The van der Waals surface area contributed by atoms with Gasteiger partial charge in [-0.25, -0.2) is 0 Å². The van der Waals surface area contributed by atoms with Crippen LogP contribution in [0.4, 0.5) is 0 Å². The Morgan fingerprint density at radius 2 is 1.90 bits per heavy atom. The highest BCUT2D eigenvalue weighted by Crippen LogP contribution is 2.17. The van der Waals surface area contributed by atoms with Gasteiger partial charge < -0.3 is 25.8 Å². The third kappa shape index (κ3) is 7.73. The lowest BCUT2D eigenvalue weighted by Crippen LogP contribution is -2.38. The predicted molar refractivity (Wildman–Crippen MR) is 116 cm³/mol. The van der Waals surface area contributed by atoms with Gasteiger partial charge in [0.15, 0.2) is 5.96 Å². The lowest BCUT2D eigenvalue weighted by Gasteiger charge is -2.13. The van der Waals surface area contributed by atoms with E-state index < -0.39 is 0 Å². The predicted octanol–water partition coefficient (Wildman–Crippen LogP) is 2.32. The fraction of sp³-hybridized carbons (Fsp3) is 0.364. The fourth-order valence-electron chi connectivity index (χ4n) is 2.79. The first-order valence-corrected chi connectivity index (χ1v) is 9.85. The maximum atomic E-state index is 12.0. The van der Waals surface area contributed by atoms with E-state index in [9.17, 15) is 9.90 Å². The number of methoxy groups -OCH3 is 1. The number of amides is 1. The molecular weight excluding hydrogens is 368 g/mol. The van der Waals surface area contributed by atoms with Crippen molar-refractivity contribution >= 4 is 11.9 Å². The van der Waals surface area contributed by atoms with Crippen molar-refractivity contribution in [3.63, 3.8) is 0 Å². The number of nitrogens with zero attached hydrogens (tertiary/aromatic N) is 1. The van der Waals surface area contributed by atoms with Gasteiger partial charge in [0.2, 0.25) is 0 Å². The number of hydrogen-bond acceptors (Lipinski definition) is 4. The van der Waals surface area contributed by atoms with E-state index in [0.29, 0.717) is 25.1 Å². The van der Waals surface area contributed by atoms with Crippen LogP contribution in [0.15, 0.2) is 53.5 Å². The van der Waals surface area contributed by atoms with Gasteiger partial charge in [-0.2, -0.15) is 0 Å². The van der Waals surface area contributed by atoms with Gasteiger partial charge in [0.05, 0.1) is 7.11 Å². The molecule has 0 spiro atoms. The highest BCUT2D eigenvalue weighted by atomic mass is 16.5. The lowest BCUT2D eigenvalue weighted by atomic mass is 10.1. The molecule has 0 aliphatic rings. The highest BCUT2D eigenvalue weighted by Gasteiger charge is 2.05. The maximum absolute atomic E-state index is 12.0. The van der Waals surface area contributed by atoms with Gasteiger partial charge in [0.1, 0.15) is 11.5 Å². The number of aliphatic imine (C=N–C) groups is 1. The summed E-state index contributed by atoms with van der Waals surface area (Å²) >= 11 is 0. The van der Waals surface area contributed by atoms with Crippen LogP contribution in [0.2, 0.25) is 0 Å². The molecule has 2 aromatic rings. The Balaban J connectivity index is 1.73. The molecule has 29 heavy (non-hydrogen) atoms.